The number of thioether (sulfide) groups is 1. The first-order chi connectivity index (χ1) is 13.2. The fourth-order valence-corrected chi connectivity index (χ4v) is 4.18. The summed E-state index contributed by atoms with van der Waals surface area (Å²) in [7, 11) is 0. The van der Waals surface area contributed by atoms with Crippen molar-refractivity contribution in [2.75, 3.05) is 6.79 Å². The largest absolute Gasteiger partial charge is 0.454 e. The van der Waals surface area contributed by atoms with E-state index in [9.17, 15) is 4.79 Å². The number of thiazole rings is 1. The van der Waals surface area contributed by atoms with Gasteiger partial charge in [-0.1, -0.05) is 6.07 Å². The number of carbonyl (C=O) groups excluding carboxylic acids is 1. The number of carbonyl (C=O) groups is 1. The Morgan fingerprint density at radius 3 is 2.78 bits per heavy atom. The van der Waals surface area contributed by atoms with Crippen LogP contribution in [0.3, 0.4) is 0 Å². The number of rotatable bonds is 6. The second-order valence-electron chi connectivity index (χ2n) is 6.04. The molecule has 0 saturated heterocycles. The van der Waals surface area contributed by atoms with Gasteiger partial charge in [-0.25, -0.2) is 4.98 Å². The summed E-state index contributed by atoms with van der Waals surface area (Å²) in [5.74, 6) is 2.20. The van der Waals surface area contributed by atoms with E-state index in [2.05, 4.69) is 15.7 Å². The van der Waals surface area contributed by atoms with Crippen LogP contribution in [-0.4, -0.2) is 17.7 Å². The van der Waals surface area contributed by atoms with Gasteiger partial charge in [-0.3, -0.25) is 4.79 Å². The van der Waals surface area contributed by atoms with Crippen LogP contribution in [0.25, 0.3) is 0 Å². The van der Waals surface area contributed by atoms with Gasteiger partial charge in [-0.05, 0) is 48.9 Å². The van der Waals surface area contributed by atoms with Crippen molar-refractivity contribution in [1.82, 2.24) is 10.3 Å². The van der Waals surface area contributed by atoms with Crippen LogP contribution in [0.2, 0.25) is 0 Å². The van der Waals surface area contributed by atoms with Crippen molar-refractivity contribution in [2.45, 2.75) is 24.1 Å². The number of aryl methyl sites for hydroxylation is 1. The van der Waals surface area contributed by atoms with Crippen LogP contribution in [0.1, 0.15) is 26.6 Å². The molecular weight excluding hydrogens is 380 g/mol. The van der Waals surface area contributed by atoms with Crippen molar-refractivity contribution in [3.63, 3.8) is 0 Å². The van der Waals surface area contributed by atoms with Gasteiger partial charge in [0.2, 0.25) is 6.79 Å². The minimum atomic E-state index is -0.0978. The van der Waals surface area contributed by atoms with E-state index in [1.54, 1.807) is 23.1 Å². The Kier molecular flexibility index (Phi) is 5.31. The van der Waals surface area contributed by atoms with Gasteiger partial charge in [0.25, 0.3) is 5.91 Å². The Balaban J connectivity index is 1.31. The summed E-state index contributed by atoms with van der Waals surface area (Å²) in [6, 6.07) is 13.3. The van der Waals surface area contributed by atoms with E-state index < -0.39 is 0 Å². The van der Waals surface area contributed by atoms with E-state index in [4.69, 9.17) is 9.47 Å². The Labute approximate surface area is 165 Å². The lowest BCUT2D eigenvalue weighted by Gasteiger charge is -2.07. The zero-order valence-corrected chi connectivity index (χ0v) is 16.4. The molecule has 0 atom stereocenters. The van der Waals surface area contributed by atoms with E-state index in [1.807, 2.05) is 49.4 Å². The van der Waals surface area contributed by atoms with Crippen LogP contribution in [0.5, 0.6) is 11.5 Å². The standard InChI is InChI=1S/C20H18N2O3S2/c1-13-22-16(10-26-13)11-27-17-5-3-15(4-6-17)20(23)21-9-14-2-7-18-19(8-14)25-12-24-18/h2-8,10H,9,11-12H2,1H3,(H,21,23). The molecular formula is C20H18N2O3S2. The van der Waals surface area contributed by atoms with Gasteiger partial charge in [-0.15, -0.1) is 23.1 Å². The maximum absolute atomic E-state index is 12.4. The number of nitrogens with zero attached hydrogens (tertiary/aromatic N) is 1. The van der Waals surface area contributed by atoms with Gasteiger partial charge in [0.1, 0.15) is 0 Å². The van der Waals surface area contributed by atoms with Crippen molar-refractivity contribution in [2.24, 2.45) is 0 Å². The van der Waals surface area contributed by atoms with Crippen molar-refractivity contribution in [1.29, 1.82) is 0 Å². The second kappa shape index (κ2) is 8.02. The first-order valence-corrected chi connectivity index (χ1v) is 10.3. The Morgan fingerprint density at radius 1 is 1.19 bits per heavy atom. The minimum absolute atomic E-state index is 0.0978. The highest BCUT2D eigenvalue weighted by molar-refractivity contribution is 7.98. The number of fused-ring (bicyclic) bond motifs is 1. The number of hydrogen-bond acceptors (Lipinski definition) is 6. The number of aromatic nitrogens is 1. The number of benzene rings is 2. The summed E-state index contributed by atoms with van der Waals surface area (Å²) in [6.45, 7) is 2.70. The van der Waals surface area contributed by atoms with Crippen LogP contribution >= 0.6 is 23.1 Å². The van der Waals surface area contributed by atoms with Gasteiger partial charge in [0.15, 0.2) is 11.5 Å². The maximum atomic E-state index is 12.4. The summed E-state index contributed by atoms with van der Waals surface area (Å²) in [5, 5.41) is 6.10. The Morgan fingerprint density at radius 2 is 2.00 bits per heavy atom. The highest BCUT2D eigenvalue weighted by Crippen LogP contribution is 2.32. The van der Waals surface area contributed by atoms with E-state index in [-0.39, 0.29) is 12.7 Å². The maximum Gasteiger partial charge on any atom is 0.251 e. The lowest BCUT2D eigenvalue weighted by atomic mass is 10.2. The van der Waals surface area contributed by atoms with Crippen LogP contribution in [0, 0.1) is 6.92 Å². The summed E-state index contributed by atoms with van der Waals surface area (Å²) in [6.07, 6.45) is 0. The summed E-state index contributed by atoms with van der Waals surface area (Å²) in [4.78, 5) is 17.9. The third-order valence-corrected chi connectivity index (χ3v) is 5.93. The second-order valence-corrected chi connectivity index (χ2v) is 8.15. The van der Waals surface area contributed by atoms with E-state index in [0.29, 0.717) is 12.1 Å². The van der Waals surface area contributed by atoms with E-state index in [0.717, 1.165) is 38.4 Å². The molecule has 7 heteroatoms. The zero-order chi connectivity index (χ0) is 18.6. The molecule has 0 spiro atoms. The van der Waals surface area contributed by atoms with Gasteiger partial charge >= 0.3 is 0 Å². The van der Waals surface area contributed by atoms with Crippen LogP contribution < -0.4 is 14.8 Å². The molecule has 0 fully saturated rings. The molecule has 27 heavy (non-hydrogen) atoms. The molecule has 1 aromatic heterocycles. The highest BCUT2D eigenvalue weighted by atomic mass is 32.2. The average molecular weight is 399 g/mol. The SMILES string of the molecule is Cc1nc(CSc2ccc(C(=O)NCc3ccc4c(c3)OCO4)cc2)cs1. The zero-order valence-electron chi connectivity index (χ0n) is 14.7. The van der Waals surface area contributed by atoms with Gasteiger partial charge in [0.05, 0.1) is 10.7 Å². The van der Waals surface area contributed by atoms with Crippen molar-refractivity contribution in [3.8, 4) is 11.5 Å². The Bertz CT molecular complexity index is 954. The number of ether oxygens (including phenoxy) is 2. The molecule has 1 amide bonds. The molecule has 2 heterocycles. The van der Waals surface area contributed by atoms with Crippen molar-refractivity contribution >= 4 is 29.0 Å². The van der Waals surface area contributed by atoms with Gasteiger partial charge in [0, 0.05) is 28.1 Å². The molecule has 2 aromatic carbocycles. The molecule has 0 saturated carbocycles. The molecule has 0 radical (unpaired) electrons. The predicted octanol–water partition coefficient (Wildman–Crippen LogP) is 4.40. The molecule has 3 aromatic rings. The Hall–Kier alpha value is -2.51. The van der Waals surface area contributed by atoms with E-state index in [1.165, 1.54) is 0 Å². The molecule has 0 bridgehead atoms. The monoisotopic (exact) mass is 398 g/mol. The van der Waals surface area contributed by atoms with Gasteiger partial charge < -0.3 is 14.8 Å². The molecule has 0 unspecified atom stereocenters. The molecule has 0 aliphatic carbocycles. The molecule has 1 aliphatic heterocycles. The topological polar surface area (TPSA) is 60.5 Å². The highest BCUT2D eigenvalue weighted by Gasteiger charge is 2.13. The number of amides is 1. The van der Waals surface area contributed by atoms with Crippen molar-refractivity contribution in [3.05, 3.63) is 69.7 Å². The molecule has 4 rings (SSSR count). The molecule has 138 valence electrons. The fraction of sp³-hybridized carbons (Fsp3) is 0.200. The van der Waals surface area contributed by atoms with Crippen molar-refractivity contribution < 1.29 is 14.3 Å². The van der Waals surface area contributed by atoms with Crippen LogP contribution in [0.4, 0.5) is 0 Å². The summed E-state index contributed by atoms with van der Waals surface area (Å²) >= 11 is 3.38. The third-order valence-electron chi connectivity index (χ3n) is 4.06. The number of nitrogens with one attached hydrogen (secondary N) is 1. The first-order valence-electron chi connectivity index (χ1n) is 8.48. The first kappa shape index (κ1) is 17.9. The quantitative estimate of drug-likeness (QED) is 0.624. The van der Waals surface area contributed by atoms with Gasteiger partial charge in [-0.2, -0.15) is 0 Å². The predicted molar refractivity (Wildman–Crippen MR) is 107 cm³/mol. The normalized spacial score (nSPS) is 12.2. The fourth-order valence-electron chi connectivity index (χ4n) is 2.67. The number of hydrogen-bond donors (Lipinski definition) is 1. The minimum Gasteiger partial charge on any atom is -0.454 e. The lowest BCUT2D eigenvalue weighted by molar-refractivity contribution is 0.0950. The van der Waals surface area contributed by atoms with Crippen LogP contribution in [-0.2, 0) is 12.3 Å². The summed E-state index contributed by atoms with van der Waals surface area (Å²) < 4.78 is 10.7. The van der Waals surface area contributed by atoms with E-state index >= 15 is 0 Å². The average Bonchev–Trinajstić information content (AvgIpc) is 3.33. The third kappa shape index (κ3) is 4.43. The molecule has 5 nitrogen and oxygen atoms in total. The summed E-state index contributed by atoms with van der Waals surface area (Å²) in [5.41, 5.74) is 2.70. The smallest absolute Gasteiger partial charge is 0.251 e. The van der Waals surface area contributed by atoms with Crippen LogP contribution in [0.15, 0.2) is 52.7 Å². The molecule has 1 aliphatic rings. The lowest BCUT2D eigenvalue weighted by Crippen LogP contribution is -2.22. The molecule has 1 N–H and O–H groups in total.